The molecule has 0 unspecified atom stereocenters. The smallest absolute Gasteiger partial charge is 0.221 e. The molecule has 0 saturated heterocycles. The molecule has 0 fully saturated rings. The molecular weight excluding hydrogens is 257 g/mol. The Morgan fingerprint density at radius 3 is 2.85 bits per heavy atom. The minimum Gasteiger partial charge on any atom is -0.481 e. The molecule has 3 rings (SSSR count). The fourth-order valence-corrected chi connectivity index (χ4v) is 2.50. The zero-order valence-corrected chi connectivity index (χ0v) is 11.1. The van der Waals surface area contributed by atoms with Crippen LogP contribution in [0.5, 0.6) is 5.88 Å². The number of ketones is 1. The van der Waals surface area contributed by atoms with Gasteiger partial charge in [-0.2, -0.15) is 0 Å². The lowest BCUT2D eigenvalue weighted by molar-refractivity contribution is -0.114. The van der Waals surface area contributed by atoms with Crippen molar-refractivity contribution in [1.82, 2.24) is 4.98 Å². The second-order valence-electron chi connectivity index (χ2n) is 4.87. The molecule has 0 amide bonds. The molecule has 0 saturated carbocycles. The van der Waals surface area contributed by atoms with Crippen LogP contribution in [0.4, 0.5) is 4.39 Å². The lowest BCUT2D eigenvalue weighted by Gasteiger charge is -2.14. The van der Waals surface area contributed by atoms with Crippen LogP contribution in [0.3, 0.4) is 0 Å². The molecule has 0 spiro atoms. The van der Waals surface area contributed by atoms with Gasteiger partial charge in [-0.15, -0.1) is 0 Å². The number of hydrogen-bond acceptors (Lipinski definition) is 3. The van der Waals surface area contributed by atoms with Gasteiger partial charge in [0.2, 0.25) is 5.88 Å². The summed E-state index contributed by atoms with van der Waals surface area (Å²) in [4.78, 5) is 15.9. The summed E-state index contributed by atoms with van der Waals surface area (Å²) in [6, 6.07) is 6.39. The highest BCUT2D eigenvalue weighted by molar-refractivity contribution is 5.99. The molecule has 1 heterocycles. The van der Waals surface area contributed by atoms with Crippen LogP contribution in [0.25, 0.3) is 16.3 Å². The van der Waals surface area contributed by atoms with E-state index in [0.717, 1.165) is 29.5 Å². The summed E-state index contributed by atoms with van der Waals surface area (Å²) in [5, 5.41) is 1.49. The number of nitrogens with zero attached hydrogens (tertiary/aromatic N) is 1. The van der Waals surface area contributed by atoms with Crippen molar-refractivity contribution in [3.63, 3.8) is 0 Å². The Hall–Kier alpha value is -2.23. The lowest BCUT2D eigenvalue weighted by Crippen LogP contribution is -2.04. The van der Waals surface area contributed by atoms with Gasteiger partial charge in [0.25, 0.3) is 0 Å². The van der Waals surface area contributed by atoms with E-state index in [1.807, 2.05) is 6.07 Å². The van der Waals surface area contributed by atoms with Crippen LogP contribution in [0, 0.1) is 5.82 Å². The summed E-state index contributed by atoms with van der Waals surface area (Å²) in [5.74, 6) is 0.194. The first kappa shape index (κ1) is 12.8. The molecule has 0 bridgehead atoms. The third-order valence-corrected chi connectivity index (χ3v) is 3.49. The predicted octanol–water partition coefficient (Wildman–Crippen LogP) is 3.52. The van der Waals surface area contributed by atoms with Crippen LogP contribution in [-0.4, -0.2) is 17.9 Å². The molecule has 0 atom stereocenters. The average Bonchev–Trinajstić information content (AvgIpc) is 2.46. The van der Waals surface area contributed by atoms with Gasteiger partial charge in [-0.05, 0) is 48.1 Å². The van der Waals surface area contributed by atoms with Crippen LogP contribution >= 0.6 is 0 Å². The van der Waals surface area contributed by atoms with Crippen LogP contribution in [0.1, 0.15) is 25.0 Å². The van der Waals surface area contributed by atoms with E-state index in [0.29, 0.717) is 17.7 Å². The third-order valence-electron chi connectivity index (χ3n) is 3.49. The second kappa shape index (κ2) is 5.04. The maximum absolute atomic E-state index is 13.3. The molecule has 102 valence electrons. The molecular formula is C16H14FNO2. The molecule has 2 aromatic rings. The maximum atomic E-state index is 13.3. The molecule has 0 aliphatic heterocycles. The predicted molar refractivity (Wildman–Crippen MR) is 75.1 cm³/mol. The summed E-state index contributed by atoms with van der Waals surface area (Å²) in [6.07, 6.45) is 3.92. The van der Waals surface area contributed by atoms with E-state index in [4.69, 9.17) is 4.74 Å². The fraction of sp³-hybridized carbons (Fsp3) is 0.250. The number of methoxy groups -OCH3 is 1. The van der Waals surface area contributed by atoms with E-state index in [1.54, 1.807) is 12.1 Å². The van der Waals surface area contributed by atoms with Gasteiger partial charge in [0.1, 0.15) is 5.82 Å². The minimum atomic E-state index is -0.322. The van der Waals surface area contributed by atoms with Gasteiger partial charge in [0.15, 0.2) is 5.78 Å². The number of aromatic nitrogens is 1. The Labute approximate surface area is 116 Å². The fourth-order valence-electron chi connectivity index (χ4n) is 2.50. The molecule has 1 aromatic carbocycles. The average molecular weight is 271 g/mol. The van der Waals surface area contributed by atoms with Gasteiger partial charge >= 0.3 is 0 Å². The SMILES string of the molecule is COc1nc(C2=CC(=O)CCC2)cc2ccc(F)cc12. The van der Waals surface area contributed by atoms with Gasteiger partial charge in [0.05, 0.1) is 12.8 Å². The van der Waals surface area contributed by atoms with Crippen molar-refractivity contribution in [3.05, 3.63) is 41.9 Å². The van der Waals surface area contributed by atoms with E-state index in [-0.39, 0.29) is 11.6 Å². The summed E-state index contributed by atoms with van der Waals surface area (Å²) in [5.41, 5.74) is 1.65. The Kier molecular flexibility index (Phi) is 3.22. The summed E-state index contributed by atoms with van der Waals surface area (Å²) in [7, 11) is 1.51. The first-order valence-corrected chi connectivity index (χ1v) is 6.55. The van der Waals surface area contributed by atoms with Crippen molar-refractivity contribution < 1.29 is 13.9 Å². The summed E-state index contributed by atoms with van der Waals surface area (Å²) in [6.45, 7) is 0. The molecule has 1 aliphatic rings. The zero-order valence-electron chi connectivity index (χ0n) is 11.1. The van der Waals surface area contributed by atoms with E-state index in [2.05, 4.69) is 4.98 Å². The van der Waals surface area contributed by atoms with E-state index in [1.165, 1.54) is 19.2 Å². The number of carbonyl (C=O) groups is 1. The van der Waals surface area contributed by atoms with Gasteiger partial charge < -0.3 is 4.74 Å². The van der Waals surface area contributed by atoms with Gasteiger partial charge in [-0.3, -0.25) is 4.79 Å². The lowest BCUT2D eigenvalue weighted by atomic mass is 9.95. The number of fused-ring (bicyclic) bond motifs is 1. The molecule has 4 heteroatoms. The highest BCUT2D eigenvalue weighted by atomic mass is 19.1. The molecule has 0 radical (unpaired) electrons. The molecule has 3 nitrogen and oxygen atoms in total. The highest BCUT2D eigenvalue weighted by Gasteiger charge is 2.15. The van der Waals surface area contributed by atoms with Crippen molar-refractivity contribution in [1.29, 1.82) is 0 Å². The number of carbonyl (C=O) groups excluding carboxylic acids is 1. The molecule has 1 aliphatic carbocycles. The van der Waals surface area contributed by atoms with Gasteiger partial charge in [-0.1, -0.05) is 6.07 Å². The molecule has 0 N–H and O–H groups in total. The number of hydrogen-bond donors (Lipinski definition) is 0. The Balaban J connectivity index is 2.18. The summed E-state index contributed by atoms with van der Waals surface area (Å²) >= 11 is 0. The third kappa shape index (κ3) is 2.29. The topological polar surface area (TPSA) is 39.2 Å². The molecule has 1 aromatic heterocycles. The van der Waals surface area contributed by atoms with Gasteiger partial charge in [0, 0.05) is 11.8 Å². The van der Waals surface area contributed by atoms with Gasteiger partial charge in [-0.25, -0.2) is 9.37 Å². The molecule has 20 heavy (non-hydrogen) atoms. The van der Waals surface area contributed by atoms with E-state index < -0.39 is 0 Å². The van der Waals surface area contributed by atoms with Crippen molar-refractivity contribution >= 4 is 22.1 Å². The van der Waals surface area contributed by atoms with Crippen molar-refractivity contribution in [3.8, 4) is 5.88 Å². The van der Waals surface area contributed by atoms with Crippen molar-refractivity contribution in [2.45, 2.75) is 19.3 Å². The number of halogens is 1. The van der Waals surface area contributed by atoms with Crippen LogP contribution in [0.2, 0.25) is 0 Å². The standard InChI is InChI=1S/C16H14FNO2/c1-20-16-14-9-12(17)6-5-10(14)8-15(18-16)11-3-2-4-13(19)7-11/h5-9H,2-4H2,1H3. The minimum absolute atomic E-state index is 0.131. The maximum Gasteiger partial charge on any atom is 0.221 e. The Morgan fingerprint density at radius 1 is 1.25 bits per heavy atom. The normalized spacial score (nSPS) is 15.3. The number of allylic oxidation sites excluding steroid dienone is 2. The first-order valence-electron chi connectivity index (χ1n) is 6.55. The highest BCUT2D eigenvalue weighted by Crippen LogP contribution is 2.31. The number of benzene rings is 1. The van der Waals surface area contributed by atoms with Crippen LogP contribution < -0.4 is 4.74 Å². The quantitative estimate of drug-likeness (QED) is 0.839. The van der Waals surface area contributed by atoms with Crippen LogP contribution in [-0.2, 0) is 4.79 Å². The number of pyridine rings is 1. The number of rotatable bonds is 2. The monoisotopic (exact) mass is 271 g/mol. The first-order chi connectivity index (χ1) is 9.67. The second-order valence-corrected chi connectivity index (χ2v) is 4.87. The summed E-state index contributed by atoms with van der Waals surface area (Å²) < 4.78 is 18.6. The largest absolute Gasteiger partial charge is 0.481 e. The van der Waals surface area contributed by atoms with E-state index >= 15 is 0 Å². The Bertz CT molecular complexity index is 722. The van der Waals surface area contributed by atoms with E-state index in [9.17, 15) is 9.18 Å². The van der Waals surface area contributed by atoms with Crippen molar-refractivity contribution in [2.75, 3.05) is 7.11 Å². The van der Waals surface area contributed by atoms with Crippen LogP contribution in [0.15, 0.2) is 30.3 Å². The van der Waals surface area contributed by atoms with Crippen molar-refractivity contribution in [2.24, 2.45) is 0 Å². The zero-order chi connectivity index (χ0) is 14.1. The Morgan fingerprint density at radius 2 is 2.10 bits per heavy atom. The number of ether oxygens (including phenoxy) is 1.